The van der Waals surface area contributed by atoms with Gasteiger partial charge in [0.15, 0.2) is 0 Å². The second-order valence-corrected chi connectivity index (χ2v) is 16.1. The normalized spacial score (nSPS) is 11.9. The van der Waals surface area contributed by atoms with Crippen LogP contribution >= 0.6 is 0 Å². The molecule has 0 saturated carbocycles. The first-order valence-electron chi connectivity index (χ1n) is 19.7. The van der Waals surface area contributed by atoms with E-state index in [9.17, 15) is 0 Å². The molecule has 0 aliphatic carbocycles. The summed E-state index contributed by atoms with van der Waals surface area (Å²) < 4.78 is 4.57. The molecule has 59 heavy (non-hydrogen) atoms. The van der Waals surface area contributed by atoms with Crippen LogP contribution in [0.1, 0.15) is 31.9 Å². The molecule has 0 amide bonds. The van der Waals surface area contributed by atoms with Crippen LogP contribution in [0.4, 0.5) is 0 Å². The number of benzene rings is 6. The summed E-state index contributed by atoms with van der Waals surface area (Å²) in [6.45, 7) is 8.97. The molecule has 7 heteroatoms. The maximum atomic E-state index is 5.59. The van der Waals surface area contributed by atoms with E-state index in [-0.39, 0.29) is 26.5 Å². The number of aromatic nitrogens is 6. The molecule has 6 aromatic carbocycles. The molecule has 0 bridgehead atoms. The van der Waals surface area contributed by atoms with Crippen LogP contribution in [0.5, 0.6) is 0 Å². The van der Waals surface area contributed by atoms with Crippen molar-refractivity contribution in [3.63, 3.8) is 0 Å². The Hall–Kier alpha value is -6.62. The minimum Gasteiger partial charge on any atom is -0.656 e. The Kier molecular flexibility index (Phi) is 8.73. The van der Waals surface area contributed by atoms with Crippen molar-refractivity contribution in [2.45, 2.75) is 33.1 Å². The molecule has 0 aliphatic heterocycles. The molecule has 0 saturated heterocycles. The fourth-order valence-corrected chi connectivity index (χ4v) is 9.00. The molecule has 6 nitrogen and oxygen atoms in total. The molecule has 286 valence electrons. The van der Waals surface area contributed by atoms with Gasteiger partial charge in [0.2, 0.25) is 0 Å². The van der Waals surface area contributed by atoms with Crippen molar-refractivity contribution >= 4 is 54.6 Å². The van der Waals surface area contributed by atoms with Crippen LogP contribution in [0, 0.1) is 13.0 Å². The predicted molar refractivity (Wildman–Crippen MR) is 238 cm³/mol. The van der Waals surface area contributed by atoms with Crippen LogP contribution in [0.3, 0.4) is 0 Å². The first-order chi connectivity index (χ1) is 28.3. The van der Waals surface area contributed by atoms with E-state index in [0.717, 1.165) is 94.4 Å². The van der Waals surface area contributed by atoms with Crippen molar-refractivity contribution in [1.29, 1.82) is 0 Å². The maximum Gasteiger partial charge on any atom is 2.00 e. The summed E-state index contributed by atoms with van der Waals surface area (Å²) in [4.78, 5) is 20.2. The third kappa shape index (κ3) is 5.77. The Morgan fingerprint density at radius 1 is 0.610 bits per heavy atom. The molecule has 0 spiro atoms. The third-order valence-corrected chi connectivity index (χ3v) is 11.6. The van der Waals surface area contributed by atoms with E-state index in [2.05, 4.69) is 187 Å². The SMILES string of the molecule is Cc1c(C(C)(C)C)ccnc1-n1c2[c-]c(-c3cccc4c3nc(-c3ccc(-c5ccncc5)c5c3[n-]c3ccccc35)n4-c3ccccc3)ccc2c2ccccc21.[Pt+2]. The zero-order valence-electron chi connectivity index (χ0n) is 33.0. The number of rotatable bonds is 5. The number of fused-ring (bicyclic) bond motifs is 7. The Morgan fingerprint density at radius 2 is 1.34 bits per heavy atom. The van der Waals surface area contributed by atoms with E-state index in [4.69, 9.17) is 15.0 Å². The molecule has 0 fully saturated rings. The predicted octanol–water partition coefficient (Wildman–Crippen LogP) is 12.6. The van der Waals surface area contributed by atoms with Gasteiger partial charge in [-0.25, -0.2) is 9.97 Å². The van der Waals surface area contributed by atoms with E-state index < -0.39 is 0 Å². The number of hydrogen-bond acceptors (Lipinski definition) is 3. The van der Waals surface area contributed by atoms with Gasteiger partial charge in [0.25, 0.3) is 0 Å². The third-order valence-electron chi connectivity index (χ3n) is 11.6. The molecule has 5 aromatic heterocycles. The average molecular weight is 942 g/mol. The van der Waals surface area contributed by atoms with E-state index in [0.29, 0.717) is 0 Å². The van der Waals surface area contributed by atoms with E-state index in [1.54, 1.807) is 0 Å². The number of pyridine rings is 2. The Bertz CT molecular complexity index is 3390. The van der Waals surface area contributed by atoms with Gasteiger partial charge in [0.05, 0.1) is 11.0 Å². The second kappa shape index (κ2) is 14.0. The summed E-state index contributed by atoms with van der Waals surface area (Å²) in [6, 6.07) is 53.0. The minimum atomic E-state index is -0.0319. The summed E-state index contributed by atoms with van der Waals surface area (Å²) in [7, 11) is 0. The van der Waals surface area contributed by atoms with Gasteiger partial charge in [-0.1, -0.05) is 117 Å². The summed E-state index contributed by atoms with van der Waals surface area (Å²) >= 11 is 0. The van der Waals surface area contributed by atoms with E-state index in [1.807, 2.05) is 18.6 Å². The summed E-state index contributed by atoms with van der Waals surface area (Å²) in [5.74, 6) is 1.76. The standard InChI is InChI=1S/C52H38N6.Pt/c1-32-42(52(2,3)4)27-30-54-50(32)58-44-19-11-9-15-38(44)39-22-21-34(31-46(39)58)37-17-12-20-45-48(37)56-51(57(45)35-13-6-5-7-14-35)41-24-23-36(33-25-28-53-29-26-33)47-40-16-8-10-18-43(40)55-49(41)47;/h5-30H,1-4H3;/q-2;+2. The van der Waals surface area contributed by atoms with Gasteiger partial charge in [-0.05, 0) is 98.7 Å². The number of imidazole rings is 1. The number of para-hydroxylation sites is 4. The molecule has 0 unspecified atom stereocenters. The van der Waals surface area contributed by atoms with Crippen LogP contribution in [-0.2, 0) is 26.5 Å². The second-order valence-electron chi connectivity index (χ2n) is 16.1. The van der Waals surface area contributed by atoms with E-state index in [1.165, 1.54) is 16.5 Å². The van der Waals surface area contributed by atoms with Crippen molar-refractivity contribution < 1.29 is 21.1 Å². The largest absolute Gasteiger partial charge is 2.00 e. The molecule has 0 N–H and O–H groups in total. The molecule has 11 rings (SSSR count). The van der Waals surface area contributed by atoms with Crippen LogP contribution in [0.2, 0.25) is 0 Å². The van der Waals surface area contributed by atoms with Crippen molar-refractivity contribution in [1.82, 2.24) is 29.1 Å². The number of hydrogen-bond donors (Lipinski definition) is 0. The monoisotopic (exact) mass is 941 g/mol. The van der Waals surface area contributed by atoms with Gasteiger partial charge < -0.3 is 9.55 Å². The molecular formula is C52H38N6Pt. The van der Waals surface area contributed by atoms with Gasteiger partial charge in [0.1, 0.15) is 11.6 Å². The van der Waals surface area contributed by atoms with Crippen molar-refractivity contribution in [3.05, 3.63) is 175 Å². The van der Waals surface area contributed by atoms with Gasteiger partial charge in [-0.15, -0.1) is 34.8 Å². The van der Waals surface area contributed by atoms with Crippen LogP contribution in [-0.4, -0.2) is 24.1 Å². The molecule has 5 heterocycles. The quantitative estimate of drug-likeness (QED) is 0.161. The zero-order valence-corrected chi connectivity index (χ0v) is 35.3. The van der Waals surface area contributed by atoms with Crippen molar-refractivity contribution in [3.8, 4) is 45.1 Å². The summed E-state index contributed by atoms with van der Waals surface area (Å²) in [6.07, 6.45) is 5.63. The summed E-state index contributed by atoms with van der Waals surface area (Å²) in [5, 5.41) is 4.53. The van der Waals surface area contributed by atoms with Crippen LogP contribution in [0.15, 0.2) is 158 Å². The van der Waals surface area contributed by atoms with Gasteiger partial charge in [-0.2, -0.15) is 0 Å². The maximum absolute atomic E-state index is 5.59. The van der Waals surface area contributed by atoms with E-state index >= 15 is 0 Å². The molecule has 0 aliphatic rings. The van der Waals surface area contributed by atoms with Crippen molar-refractivity contribution in [2.75, 3.05) is 0 Å². The molecule has 0 atom stereocenters. The van der Waals surface area contributed by atoms with Gasteiger partial charge in [0, 0.05) is 35.4 Å². The van der Waals surface area contributed by atoms with Crippen LogP contribution in [0.25, 0.3) is 99.8 Å². The first-order valence-corrected chi connectivity index (χ1v) is 19.7. The Labute approximate surface area is 356 Å². The number of nitrogens with zero attached hydrogens (tertiary/aromatic N) is 6. The fourth-order valence-electron chi connectivity index (χ4n) is 9.00. The van der Waals surface area contributed by atoms with Crippen molar-refractivity contribution in [2.24, 2.45) is 0 Å². The van der Waals surface area contributed by atoms with Gasteiger partial charge >= 0.3 is 21.1 Å². The topological polar surface area (TPSA) is 62.6 Å². The van der Waals surface area contributed by atoms with Crippen LogP contribution < -0.4 is 4.98 Å². The molecule has 11 aromatic rings. The minimum absolute atomic E-state index is 0. The molecule has 0 radical (unpaired) electrons. The Morgan fingerprint density at radius 3 is 2.15 bits per heavy atom. The zero-order chi connectivity index (χ0) is 39.1. The fraction of sp³-hybridized carbons (Fsp3) is 0.0962. The summed E-state index contributed by atoms with van der Waals surface area (Å²) in [5.41, 5.74) is 14.5. The smallest absolute Gasteiger partial charge is 0.656 e. The average Bonchev–Trinajstić information content (AvgIpc) is 3.94. The van der Waals surface area contributed by atoms with Gasteiger partial charge in [-0.3, -0.25) is 9.55 Å². The molecular weight excluding hydrogens is 904 g/mol. The first kappa shape index (κ1) is 36.7. The Balaban J connectivity index is 0.00000420.